The van der Waals surface area contributed by atoms with Gasteiger partial charge in [-0.1, -0.05) is 26.0 Å². The van der Waals surface area contributed by atoms with Crippen LogP contribution in [0.3, 0.4) is 0 Å². The van der Waals surface area contributed by atoms with E-state index in [1.807, 2.05) is 12.1 Å². The summed E-state index contributed by atoms with van der Waals surface area (Å²) in [5.41, 5.74) is -1.61. The van der Waals surface area contributed by atoms with Crippen molar-refractivity contribution in [2.45, 2.75) is 76.1 Å². The lowest BCUT2D eigenvalue weighted by Gasteiger charge is -2.63. The number of rotatable bonds is 1. The molecule has 4 heteroatoms. The number of fused-ring (bicyclic) bond motifs is 5. The van der Waals surface area contributed by atoms with Crippen LogP contribution in [-0.4, -0.2) is 27.0 Å². The van der Waals surface area contributed by atoms with Crippen LogP contribution in [0.25, 0.3) is 0 Å². The van der Waals surface area contributed by atoms with E-state index in [2.05, 4.69) is 19.9 Å². The second-order valence-electron chi connectivity index (χ2n) is 10.2. The van der Waals surface area contributed by atoms with Crippen molar-refractivity contribution < 1.29 is 19.7 Å². The van der Waals surface area contributed by atoms with Gasteiger partial charge >= 0.3 is 0 Å². The van der Waals surface area contributed by atoms with Crippen LogP contribution >= 0.6 is 0 Å². The predicted octanol–water partition coefficient (Wildman–Crippen LogP) is 3.76. The summed E-state index contributed by atoms with van der Waals surface area (Å²) >= 11 is 0. The zero-order valence-electron chi connectivity index (χ0n) is 16.4. The average Bonchev–Trinajstić information content (AvgIpc) is 3.24. The molecule has 1 heterocycles. The highest BCUT2D eigenvalue weighted by Crippen LogP contribution is 2.71. The molecule has 8 atom stereocenters. The maximum atomic E-state index is 12.1. The molecule has 5 rings (SSSR count). The first kappa shape index (κ1) is 18.0. The molecule has 3 unspecified atom stereocenters. The lowest BCUT2D eigenvalue weighted by molar-refractivity contribution is -0.229. The molecule has 4 nitrogen and oxygen atoms in total. The van der Waals surface area contributed by atoms with E-state index in [0.717, 1.165) is 37.7 Å². The van der Waals surface area contributed by atoms with Crippen molar-refractivity contribution in [3.8, 4) is 0 Å². The van der Waals surface area contributed by atoms with Crippen molar-refractivity contribution in [3.63, 3.8) is 0 Å². The molecule has 3 N–H and O–H groups in total. The summed E-state index contributed by atoms with van der Waals surface area (Å²) in [7, 11) is 0. The molecule has 0 aromatic carbocycles. The molecule has 148 valence electrons. The minimum absolute atomic E-state index is 0.0373. The first-order valence-corrected chi connectivity index (χ1v) is 10.6. The van der Waals surface area contributed by atoms with Crippen LogP contribution < -0.4 is 0 Å². The van der Waals surface area contributed by atoms with Crippen LogP contribution in [0, 0.1) is 28.6 Å². The van der Waals surface area contributed by atoms with E-state index in [1.54, 1.807) is 12.5 Å². The Hall–Kier alpha value is -1.10. The van der Waals surface area contributed by atoms with Gasteiger partial charge in [0.15, 0.2) is 0 Å². The minimum atomic E-state index is -1.03. The summed E-state index contributed by atoms with van der Waals surface area (Å²) in [4.78, 5) is 0. The molecule has 1 aromatic heterocycles. The van der Waals surface area contributed by atoms with Crippen LogP contribution in [0.1, 0.15) is 64.4 Å². The van der Waals surface area contributed by atoms with E-state index in [-0.39, 0.29) is 17.4 Å². The standard InChI is InChI=1S/C23H32O4/c1-20-8-5-17(24)13-15(20)3-4-19-18(20)6-9-21(2)22(25,10-11-23(19,21)26)16-7-12-27-14-16/h5,7-8,12,14-15,17-19,24-26H,3-4,6,9-11,13H2,1-2H3/t15?,17?,18-,19-,20+,21-,22?,23-/m1/s1. The Morgan fingerprint density at radius 1 is 1.04 bits per heavy atom. The lowest BCUT2D eigenvalue weighted by atomic mass is 9.44. The molecule has 0 aliphatic heterocycles. The van der Waals surface area contributed by atoms with Gasteiger partial charge in [0.2, 0.25) is 0 Å². The number of aliphatic hydroxyl groups excluding tert-OH is 1. The van der Waals surface area contributed by atoms with Gasteiger partial charge in [0.1, 0.15) is 5.60 Å². The highest BCUT2D eigenvalue weighted by atomic mass is 16.3. The fourth-order valence-corrected chi connectivity index (χ4v) is 7.74. The molecule has 3 saturated carbocycles. The van der Waals surface area contributed by atoms with Gasteiger partial charge < -0.3 is 19.7 Å². The van der Waals surface area contributed by atoms with Crippen molar-refractivity contribution in [2.24, 2.45) is 28.6 Å². The molecule has 4 aliphatic carbocycles. The van der Waals surface area contributed by atoms with E-state index in [1.165, 1.54) is 0 Å². The third kappa shape index (κ3) is 2.05. The second kappa shape index (κ2) is 5.49. The average molecular weight is 373 g/mol. The smallest absolute Gasteiger partial charge is 0.101 e. The van der Waals surface area contributed by atoms with E-state index in [9.17, 15) is 15.3 Å². The topological polar surface area (TPSA) is 73.8 Å². The van der Waals surface area contributed by atoms with Crippen molar-refractivity contribution in [2.75, 3.05) is 0 Å². The largest absolute Gasteiger partial charge is 0.472 e. The highest BCUT2D eigenvalue weighted by molar-refractivity contribution is 5.31. The van der Waals surface area contributed by atoms with Crippen LogP contribution in [0.2, 0.25) is 0 Å². The Labute approximate surface area is 161 Å². The summed E-state index contributed by atoms with van der Waals surface area (Å²) in [6.45, 7) is 4.43. The maximum Gasteiger partial charge on any atom is 0.101 e. The second-order valence-corrected chi connectivity index (χ2v) is 10.2. The van der Waals surface area contributed by atoms with Crippen LogP contribution in [0.15, 0.2) is 35.2 Å². The quantitative estimate of drug-likeness (QED) is 0.656. The van der Waals surface area contributed by atoms with Crippen molar-refractivity contribution in [3.05, 3.63) is 36.3 Å². The third-order valence-corrected chi connectivity index (χ3v) is 9.50. The van der Waals surface area contributed by atoms with E-state index < -0.39 is 16.6 Å². The summed E-state index contributed by atoms with van der Waals surface area (Å²) in [6.07, 6.45) is 13.1. The first-order valence-electron chi connectivity index (χ1n) is 10.6. The number of hydrogen-bond acceptors (Lipinski definition) is 4. The van der Waals surface area contributed by atoms with Gasteiger partial charge in [-0.15, -0.1) is 0 Å². The Balaban J connectivity index is 1.55. The van der Waals surface area contributed by atoms with Crippen LogP contribution in [-0.2, 0) is 5.60 Å². The fourth-order valence-electron chi connectivity index (χ4n) is 7.74. The predicted molar refractivity (Wildman–Crippen MR) is 102 cm³/mol. The first-order chi connectivity index (χ1) is 12.7. The lowest BCUT2D eigenvalue weighted by Crippen LogP contribution is -2.64. The zero-order chi connectivity index (χ0) is 19.1. The van der Waals surface area contributed by atoms with E-state index >= 15 is 0 Å². The molecule has 4 aliphatic rings. The fraction of sp³-hybridized carbons (Fsp3) is 0.739. The monoisotopic (exact) mass is 372 g/mol. The molecule has 0 spiro atoms. The van der Waals surface area contributed by atoms with Crippen LogP contribution in [0.4, 0.5) is 0 Å². The molecule has 3 fully saturated rings. The number of hydrogen-bond donors (Lipinski definition) is 3. The Morgan fingerprint density at radius 2 is 1.85 bits per heavy atom. The summed E-state index contributed by atoms with van der Waals surface area (Å²) < 4.78 is 5.28. The van der Waals surface area contributed by atoms with Crippen LogP contribution in [0.5, 0.6) is 0 Å². The third-order valence-electron chi connectivity index (χ3n) is 9.50. The van der Waals surface area contributed by atoms with E-state index in [4.69, 9.17) is 4.42 Å². The van der Waals surface area contributed by atoms with Gasteiger partial charge in [-0.05, 0) is 74.2 Å². The van der Waals surface area contributed by atoms with Gasteiger partial charge in [-0.3, -0.25) is 0 Å². The molecule has 1 aromatic rings. The zero-order valence-corrected chi connectivity index (χ0v) is 16.4. The maximum absolute atomic E-state index is 12.1. The summed E-state index contributed by atoms with van der Waals surface area (Å²) in [5, 5.41) is 33.9. The van der Waals surface area contributed by atoms with E-state index in [0.29, 0.717) is 24.7 Å². The SMILES string of the molecule is C[C@]12C=CC(O)CC1CC[C@@H]1[C@H]2CC[C@]2(C)C(O)(c3ccoc3)CC[C@@]12O. The molecule has 0 saturated heterocycles. The van der Waals surface area contributed by atoms with Gasteiger partial charge in [-0.25, -0.2) is 0 Å². The molecular formula is C23H32O4. The van der Waals surface area contributed by atoms with Crippen molar-refractivity contribution in [1.29, 1.82) is 0 Å². The Kier molecular flexibility index (Phi) is 3.65. The highest BCUT2D eigenvalue weighted by Gasteiger charge is 2.71. The Morgan fingerprint density at radius 3 is 2.59 bits per heavy atom. The molecular weight excluding hydrogens is 340 g/mol. The molecule has 0 amide bonds. The van der Waals surface area contributed by atoms with Crippen molar-refractivity contribution in [1.82, 2.24) is 0 Å². The Bertz CT molecular complexity index is 756. The number of allylic oxidation sites excluding steroid dienone is 1. The van der Waals surface area contributed by atoms with Gasteiger partial charge in [0.05, 0.1) is 24.2 Å². The minimum Gasteiger partial charge on any atom is -0.472 e. The normalized spacial score (nSPS) is 54.3. The number of furan rings is 1. The molecule has 0 bridgehead atoms. The summed E-state index contributed by atoms with van der Waals surface area (Å²) in [5.74, 6) is 1.09. The number of aliphatic hydroxyl groups is 3. The van der Waals surface area contributed by atoms with Gasteiger partial charge in [-0.2, -0.15) is 0 Å². The van der Waals surface area contributed by atoms with Gasteiger partial charge in [0, 0.05) is 11.0 Å². The molecule has 0 radical (unpaired) electrons. The van der Waals surface area contributed by atoms with Gasteiger partial charge in [0.25, 0.3) is 0 Å². The molecule has 27 heavy (non-hydrogen) atoms. The van der Waals surface area contributed by atoms with Crippen molar-refractivity contribution >= 4 is 0 Å². The summed E-state index contributed by atoms with van der Waals surface area (Å²) in [6, 6.07) is 1.85.